The van der Waals surface area contributed by atoms with Crippen molar-refractivity contribution in [3.63, 3.8) is 0 Å². The first kappa shape index (κ1) is 10.5. The van der Waals surface area contributed by atoms with E-state index >= 15 is 0 Å². The summed E-state index contributed by atoms with van der Waals surface area (Å²) in [7, 11) is 1.17. The van der Waals surface area contributed by atoms with Gasteiger partial charge in [-0.05, 0) is 0 Å². The Kier molecular flexibility index (Phi) is 3.44. The van der Waals surface area contributed by atoms with Gasteiger partial charge in [-0.3, -0.25) is 9.59 Å². The van der Waals surface area contributed by atoms with Crippen LogP contribution in [-0.4, -0.2) is 61.4 Å². The van der Waals surface area contributed by atoms with Gasteiger partial charge in [0.05, 0.1) is 7.11 Å². The van der Waals surface area contributed by atoms with Crippen LogP contribution in [0.3, 0.4) is 0 Å². The number of rotatable bonds is 1. The summed E-state index contributed by atoms with van der Waals surface area (Å²) in [5, 5.41) is 0. The van der Waals surface area contributed by atoms with Crippen LogP contribution in [0.5, 0.6) is 0 Å². The van der Waals surface area contributed by atoms with Gasteiger partial charge in [0.25, 0.3) is 0 Å². The summed E-state index contributed by atoms with van der Waals surface area (Å²) in [5.74, 6) is -1.50. The third-order valence-corrected chi connectivity index (χ3v) is 2.11. The van der Waals surface area contributed by atoms with E-state index in [2.05, 4.69) is 4.74 Å². The second-order valence-electron chi connectivity index (χ2n) is 2.93. The minimum Gasteiger partial charge on any atom is -0.462 e. The highest BCUT2D eigenvalue weighted by atomic mass is 16.5. The lowest BCUT2D eigenvalue weighted by atomic mass is 10.3. The van der Waals surface area contributed by atoms with Crippen LogP contribution in [0.25, 0.3) is 0 Å². The molecule has 1 aliphatic heterocycles. The van der Waals surface area contributed by atoms with Crippen molar-refractivity contribution in [1.29, 1.82) is 0 Å². The normalized spacial score (nSPS) is 16.4. The first-order valence-electron chi connectivity index (χ1n) is 4.25. The minimum atomic E-state index is -0.857. The van der Waals surface area contributed by atoms with Crippen LogP contribution in [0.2, 0.25) is 0 Å². The number of hydrogen-bond acceptors (Lipinski definition) is 4. The number of methoxy groups -OCH3 is 1. The average Bonchev–Trinajstić information content (AvgIpc) is 2.27. The zero-order valence-electron chi connectivity index (χ0n) is 7.93. The quantitative estimate of drug-likeness (QED) is 0.292. The van der Waals surface area contributed by atoms with Gasteiger partial charge in [-0.2, -0.15) is 0 Å². The van der Waals surface area contributed by atoms with E-state index in [1.165, 1.54) is 12.0 Å². The van der Waals surface area contributed by atoms with Crippen LogP contribution in [-0.2, 0) is 19.1 Å². The Morgan fingerprint density at radius 3 is 2.21 bits per heavy atom. The fraction of sp³-hybridized carbons (Fsp3) is 0.625. The Morgan fingerprint density at radius 2 is 1.79 bits per heavy atom. The van der Waals surface area contributed by atoms with Crippen LogP contribution in [0, 0.1) is 0 Å². The van der Waals surface area contributed by atoms with Gasteiger partial charge in [0, 0.05) is 26.2 Å². The van der Waals surface area contributed by atoms with Gasteiger partial charge >= 0.3 is 11.9 Å². The molecule has 0 aromatic carbocycles. The van der Waals surface area contributed by atoms with Crippen molar-refractivity contribution < 1.29 is 19.1 Å². The molecule has 1 fully saturated rings. The second-order valence-corrected chi connectivity index (χ2v) is 2.93. The van der Waals surface area contributed by atoms with Crippen molar-refractivity contribution in [2.75, 3.05) is 33.3 Å². The third-order valence-electron chi connectivity index (χ3n) is 2.11. The summed E-state index contributed by atoms with van der Waals surface area (Å²) < 4.78 is 4.31. The molecular formula is C8H12N2O4. The Hall–Kier alpha value is -1.59. The number of carbonyl (C=O) groups is 3. The predicted molar refractivity (Wildman–Crippen MR) is 46.2 cm³/mol. The van der Waals surface area contributed by atoms with Crippen LogP contribution in [0.15, 0.2) is 0 Å². The fourth-order valence-corrected chi connectivity index (χ4v) is 1.25. The number of carbonyl (C=O) groups excluding carboxylic acids is 3. The van der Waals surface area contributed by atoms with Gasteiger partial charge in [0.2, 0.25) is 6.41 Å². The molecule has 0 N–H and O–H groups in total. The largest absolute Gasteiger partial charge is 0.462 e. The molecule has 78 valence electrons. The molecule has 0 unspecified atom stereocenters. The number of esters is 1. The molecule has 0 bridgehead atoms. The van der Waals surface area contributed by atoms with E-state index in [1.54, 1.807) is 4.90 Å². The second kappa shape index (κ2) is 4.59. The average molecular weight is 200 g/mol. The van der Waals surface area contributed by atoms with Crippen LogP contribution < -0.4 is 0 Å². The lowest BCUT2D eigenvalue weighted by molar-refractivity contribution is -0.159. The predicted octanol–water partition coefficient (Wildman–Crippen LogP) is -1.54. The number of nitrogens with zero attached hydrogens (tertiary/aromatic N) is 2. The van der Waals surface area contributed by atoms with E-state index < -0.39 is 11.9 Å². The lowest BCUT2D eigenvalue weighted by Crippen LogP contribution is -2.50. The molecule has 1 saturated heterocycles. The van der Waals surface area contributed by atoms with Crippen molar-refractivity contribution in [1.82, 2.24) is 9.80 Å². The van der Waals surface area contributed by atoms with Crippen molar-refractivity contribution in [2.45, 2.75) is 0 Å². The molecule has 0 aliphatic carbocycles. The summed E-state index contributed by atoms with van der Waals surface area (Å²) in [5.41, 5.74) is 0. The maximum Gasteiger partial charge on any atom is 0.396 e. The van der Waals surface area contributed by atoms with Gasteiger partial charge in [-0.25, -0.2) is 4.79 Å². The Labute approximate surface area is 81.4 Å². The van der Waals surface area contributed by atoms with Gasteiger partial charge in [0.1, 0.15) is 0 Å². The SMILES string of the molecule is COC(=O)C(=O)N1CCN(C=O)CC1. The summed E-state index contributed by atoms with van der Waals surface area (Å²) in [6.45, 7) is 1.69. The van der Waals surface area contributed by atoms with Crippen LogP contribution in [0.1, 0.15) is 0 Å². The van der Waals surface area contributed by atoms with E-state index in [9.17, 15) is 14.4 Å². The van der Waals surface area contributed by atoms with Gasteiger partial charge in [-0.1, -0.05) is 0 Å². The topological polar surface area (TPSA) is 66.9 Å². The highest BCUT2D eigenvalue weighted by Gasteiger charge is 2.25. The zero-order valence-corrected chi connectivity index (χ0v) is 7.93. The molecule has 1 aliphatic rings. The maximum absolute atomic E-state index is 11.3. The molecule has 0 aromatic rings. The summed E-state index contributed by atoms with van der Waals surface area (Å²) in [6, 6.07) is 0. The van der Waals surface area contributed by atoms with Gasteiger partial charge < -0.3 is 14.5 Å². The molecule has 0 aromatic heterocycles. The van der Waals surface area contributed by atoms with Crippen molar-refractivity contribution in [3.8, 4) is 0 Å². The molecule has 6 nitrogen and oxygen atoms in total. The molecule has 0 spiro atoms. The molecule has 6 heteroatoms. The first-order chi connectivity index (χ1) is 6.69. The van der Waals surface area contributed by atoms with Crippen molar-refractivity contribution in [2.24, 2.45) is 0 Å². The highest BCUT2D eigenvalue weighted by Crippen LogP contribution is 2.00. The number of amides is 2. The van der Waals surface area contributed by atoms with Crippen molar-refractivity contribution in [3.05, 3.63) is 0 Å². The molecule has 0 saturated carbocycles. The monoisotopic (exact) mass is 200 g/mol. The molecular weight excluding hydrogens is 188 g/mol. The summed E-state index contributed by atoms with van der Waals surface area (Å²) in [6.07, 6.45) is 0.736. The van der Waals surface area contributed by atoms with Crippen molar-refractivity contribution >= 4 is 18.3 Å². The van der Waals surface area contributed by atoms with E-state index in [0.717, 1.165) is 6.41 Å². The summed E-state index contributed by atoms with van der Waals surface area (Å²) in [4.78, 5) is 35.4. The standard InChI is InChI=1S/C8H12N2O4/c1-14-8(13)7(12)10-4-2-9(6-11)3-5-10/h6H,2-5H2,1H3. The molecule has 2 amide bonds. The fourth-order valence-electron chi connectivity index (χ4n) is 1.25. The van der Waals surface area contributed by atoms with Gasteiger partial charge in [-0.15, -0.1) is 0 Å². The molecule has 1 rings (SSSR count). The molecule has 0 radical (unpaired) electrons. The molecule has 1 heterocycles. The number of ether oxygens (including phenoxy) is 1. The van der Waals surface area contributed by atoms with E-state index in [1.807, 2.05) is 0 Å². The van der Waals surface area contributed by atoms with E-state index in [-0.39, 0.29) is 0 Å². The lowest BCUT2D eigenvalue weighted by Gasteiger charge is -2.31. The molecule has 14 heavy (non-hydrogen) atoms. The smallest absolute Gasteiger partial charge is 0.396 e. The Balaban J connectivity index is 2.45. The van der Waals surface area contributed by atoms with Gasteiger partial charge in [0.15, 0.2) is 0 Å². The summed E-state index contributed by atoms with van der Waals surface area (Å²) >= 11 is 0. The molecule has 0 atom stereocenters. The Morgan fingerprint density at radius 1 is 1.21 bits per heavy atom. The maximum atomic E-state index is 11.3. The number of hydrogen-bond donors (Lipinski definition) is 0. The first-order valence-corrected chi connectivity index (χ1v) is 4.25. The third kappa shape index (κ3) is 2.21. The number of piperazine rings is 1. The van der Waals surface area contributed by atoms with E-state index in [0.29, 0.717) is 26.2 Å². The zero-order chi connectivity index (χ0) is 10.6. The van der Waals surface area contributed by atoms with Crippen LogP contribution >= 0.6 is 0 Å². The minimum absolute atomic E-state index is 0.382. The highest BCUT2D eigenvalue weighted by molar-refractivity contribution is 6.32. The van der Waals surface area contributed by atoms with Crippen LogP contribution in [0.4, 0.5) is 0 Å². The van der Waals surface area contributed by atoms with E-state index in [4.69, 9.17) is 0 Å². The Bertz CT molecular complexity index is 246.